The van der Waals surface area contributed by atoms with Gasteiger partial charge in [-0.25, -0.2) is 14.1 Å². The van der Waals surface area contributed by atoms with Gasteiger partial charge in [-0.3, -0.25) is 14.3 Å². The third-order valence-corrected chi connectivity index (χ3v) is 5.49. The third-order valence-electron chi connectivity index (χ3n) is 5.49. The molecule has 12 nitrogen and oxygen atoms in total. The van der Waals surface area contributed by atoms with Crippen molar-refractivity contribution in [2.45, 2.75) is 44.9 Å². The van der Waals surface area contributed by atoms with E-state index in [0.717, 1.165) is 10.7 Å². The van der Waals surface area contributed by atoms with Crippen LogP contribution in [0.3, 0.4) is 0 Å². The van der Waals surface area contributed by atoms with Gasteiger partial charge in [0.25, 0.3) is 11.8 Å². The second-order valence-corrected chi connectivity index (χ2v) is 8.63. The molecule has 0 saturated carbocycles. The molecule has 3 aromatic heterocycles. The van der Waals surface area contributed by atoms with Crippen LogP contribution in [0.4, 0.5) is 17.6 Å². The minimum Gasteiger partial charge on any atom is -0.508 e. The van der Waals surface area contributed by atoms with Gasteiger partial charge in [-0.1, -0.05) is 28.6 Å². The van der Waals surface area contributed by atoms with Gasteiger partial charge in [0.2, 0.25) is 0 Å². The second-order valence-electron chi connectivity index (χ2n) is 8.63. The maximum absolute atomic E-state index is 14.5. The molecule has 0 aliphatic carbocycles. The van der Waals surface area contributed by atoms with Crippen LogP contribution in [0.25, 0.3) is 0 Å². The van der Waals surface area contributed by atoms with Crippen LogP contribution in [0, 0.1) is 0 Å². The zero-order valence-corrected chi connectivity index (χ0v) is 20.7. The van der Waals surface area contributed by atoms with Crippen molar-refractivity contribution in [3.63, 3.8) is 0 Å². The van der Waals surface area contributed by atoms with Crippen LogP contribution in [0.2, 0.25) is 0 Å². The fraction of sp³-hybridized carbons (Fsp3) is 0.292. The van der Waals surface area contributed by atoms with Gasteiger partial charge >= 0.3 is 6.18 Å². The van der Waals surface area contributed by atoms with Gasteiger partial charge in [0.15, 0.2) is 11.4 Å². The van der Waals surface area contributed by atoms with E-state index >= 15 is 0 Å². The summed E-state index contributed by atoms with van der Waals surface area (Å²) in [5, 5.41) is 29.5. The molecule has 0 fully saturated rings. The SMILES string of the molecule is O=C(NCc1cccc(O)c1)c1cn(CCC(F)Cn2cc(C(=O)NCc3cccc(C(F)(F)F)n3)nn2)nn1. The fourth-order valence-electron chi connectivity index (χ4n) is 3.51. The van der Waals surface area contributed by atoms with Gasteiger partial charge in [0.05, 0.1) is 31.2 Å². The lowest BCUT2D eigenvalue weighted by Crippen LogP contribution is -2.24. The highest BCUT2D eigenvalue weighted by atomic mass is 19.4. The summed E-state index contributed by atoms with van der Waals surface area (Å²) >= 11 is 0. The van der Waals surface area contributed by atoms with Crippen molar-refractivity contribution in [2.75, 3.05) is 0 Å². The molecule has 40 heavy (non-hydrogen) atoms. The summed E-state index contributed by atoms with van der Waals surface area (Å²) in [4.78, 5) is 28.0. The van der Waals surface area contributed by atoms with Crippen LogP contribution in [0.5, 0.6) is 5.75 Å². The summed E-state index contributed by atoms with van der Waals surface area (Å²) in [7, 11) is 0. The standard InChI is InChI=1S/C24H23F4N9O3/c25-16(7-8-36-13-19(32-34-36)22(39)29-10-15-3-1-5-18(38)9-15)12-37-14-20(33-35-37)23(40)30-11-17-4-2-6-21(31-17)24(26,27)28/h1-6,9,13-14,16,38H,7-8,10-12H2,(H,29,39)(H,30,40). The molecule has 210 valence electrons. The summed E-state index contributed by atoms with van der Waals surface area (Å²) in [6.45, 7) is -0.205. The zero-order chi connectivity index (χ0) is 28.7. The number of aryl methyl sites for hydroxylation is 1. The van der Waals surface area contributed by atoms with E-state index in [-0.39, 0.29) is 55.4 Å². The lowest BCUT2D eigenvalue weighted by Gasteiger charge is -2.08. The highest BCUT2D eigenvalue weighted by Gasteiger charge is 2.32. The minimum atomic E-state index is -4.61. The molecule has 3 N–H and O–H groups in total. The smallest absolute Gasteiger partial charge is 0.433 e. The molecule has 0 spiro atoms. The van der Waals surface area contributed by atoms with Crippen molar-refractivity contribution in [1.29, 1.82) is 0 Å². The first-order valence-electron chi connectivity index (χ1n) is 11.9. The molecule has 1 aromatic carbocycles. The van der Waals surface area contributed by atoms with Crippen LogP contribution in [-0.4, -0.2) is 58.1 Å². The van der Waals surface area contributed by atoms with Crippen LogP contribution >= 0.6 is 0 Å². The number of carbonyl (C=O) groups is 2. The number of pyridine rings is 1. The highest BCUT2D eigenvalue weighted by molar-refractivity contribution is 5.92. The number of aromatic hydroxyl groups is 1. The zero-order valence-electron chi connectivity index (χ0n) is 20.7. The molecule has 4 aromatic rings. The Bertz CT molecular complexity index is 1470. The Balaban J connectivity index is 1.21. The molecule has 0 bridgehead atoms. The van der Waals surface area contributed by atoms with Gasteiger partial charge < -0.3 is 15.7 Å². The quantitative estimate of drug-likeness (QED) is 0.236. The number of benzene rings is 1. The predicted molar refractivity (Wildman–Crippen MR) is 129 cm³/mol. The number of rotatable bonds is 11. The number of amides is 2. The first-order chi connectivity index (χ1) is 19.1. The Morgan fingerprint density at radius 2 is 1.57 bits per heavy atom. The third kappa shape index (κ3) is 7.81. The average molecular weight is 562 g/mol. The Kier molecular flexibility index (Phi) is 8.66. The van der Waals surface area contributed by atoms with Gasteiger partial charge in [-0.2, -0.15) is 13.2 Å². The summed E-state index contributed by atoms with van der Waals surface area (Å²) in [6.07, 6.45) is -3.42. The van der Waals surface area contributed by atoms with Gasteiger partial charge in [0, 0.05) is 19.5 Å². The van der Waals surface area contributed by atoms with E-state index in [2.05, 4.69) is 36.2 Å². The lowest BCUT2D eigenvalue weighted by molar-refractivity contribution is -0.141. The van der Waals surface area contributed by atoms with E-state index in [1.54, 1.807) is 12.1 Å². The maximum atomic E-state index is 14.5. The Morgan fingerprint density at radius 3 is 2.27 bits per heavy atom. The first-order valence-corrected chi connectivity index (χ1v) is 11.9. The highest BCUT2D eigenvalue weighted by Crippen LogP contribution is 2.27. The van der Waals surface area contributed by atoms with E-state index in [4.69, 9.17) is 0 Å². The molecule has 0 saturated heterocycles. The molecule has 2 amide bonds. The topological polar surface area (TPSA) is 153 Å². The van der Waals surface area contributed by atoms with Crippen LogP contribution in [-0.2, 0) is 32.4 Å². The molecule has 0 aliphatic heterocycles. The van der Waals surface area contributed by atoms with Crippen LogP contribution < -0.4 is 10.6 Å². The fourth-order valence-corrected chi connectivity index (χ4v) is 3.51. The number of alkyl halides is 4. The van der Waals surface area contributed by atoms with E-state index in [1.807, 2.05) is 0 Å². The number of nitrogens with zero attached hydrogens (tertiary/aromatic N) is 7. The van der Waals surface area contributed by atoms with E-state index in [0.29, 0.717) is 5.56 Å². The molecule has 1 unspecified atom stereocenters. The predicted octanol–water partition coefficient (Wildman–Crippen LogP) is 2.28. The number of carbonyl (C=O) groups excluding carboxylic acids is 2. The van der Waals surface area contributed by atoms with Crippen molar-refractivity contribution in [2.24, 2.45) is 0 Å². The monoisotopic (exact) mass is 561 g/mol. The number of phenols is 1. The van der Waals surface area contributed by atoms with E-state index < -0.39 is 29.9 Å². The Hall–Kier alpha value is -4.89. The summed E-state index contributed by atoms with van der Waals surface area (Å²) < 4.78 is 55.3. The normalized spacial score (nSPS) is 12.2. The largest absolute Gasteiger partial charge is 0.508 e. The molecule has 0 radical (unpaired) electrons. The van der Waals surface area contributed by atoms with E-state index in [1.165, 1.54) is 41.3 Å². The summed E-state index contributed by atoms with van der Waals surface area (Å²) in [5.41, 5.74) is -0.471. The minimum absolute atomic E-state index is 0.00365. The summed E-state index contributed by atoms with van der Waals surface area (Å²) in [5.74, 6) is -1.11. The molecule has 4 rings (SSSR count). The number of nitrogens with one attached hydrogen (secondary N) is 2. The number of aromatic nitrogens is 7. The summed E-state index contributed by atoms with van der Waals surface area (Å²) in [6, 6.07) is 9.76. The first kappa shape index (κ1) is 28.1. The van der Waals surface area contributed by atoms with Gasteiger partial charge in [0.1, 0.15) is 17.6 Å². The van der Waals surface area contributed by atoms with Gasteiger partial charge in [-0.05, 0) is 29.8 Å². The van der Waals surface area contributed by atoms with Crippen LogP contribution in [0.1, 0.15) is 44.3 Å². The lowest BCUT2D eigenvalue weighted by atomic mass is 10.2. The number of hydrogen-bond donors (Lipinski definition) is 3. The van der Waals surface area contributed by atoms with Crippen LogP contribution in [0.15, 0.2) is 54.9 Å². The molecule has 3 heterocycles. The molecular weight excluding hydrogens is 538 g/mol. The Morgan fingerprint density at radius 1 is 0.925 bits per heavy atom. The molecule has 1 atom stereocenters. The maximum Gasteiger partial charge on any atom is 0.433 e. The van der Waals surface area contributed by atoms with Crippen molar-refractivity contribution >= 4 is 11.8 Å². The number of phenolic OH excluding ortho intramolecular Hbond substituents is 1. The molecule has 16 heteroatoms. The number of halogens is 4. The Labute approximate surface area is 224 Å². The second kappa shape index (κ2) is 12.3. The van der Waals surface area contributed by atoms with Crippen molar-refractivity contribution < 1.29 is 32.3 Å². The van der Waals surface area contributed by atoms with E-state index in [9.17, 15) is 32.3 Å². The van der Waals surface area contributed by atoms with Gasteiger partial charge in [-0.15, -0.1) is 10.2 Å². The van der Waals surface area contributed by atoms with Crippen molar-refractivity contribution in [3.8, 4) is 5.75 Å². The van der Waals surface area contributed by atoms with Crippen molar-refractivity contribution in [1.82, 2.24) is 45.6 Å². The number of hydrogen-bond acceptors (Lipinski definition) is 8. The van der Waals surface area contributed by atoms with Crippen molar-refractivity contribution in [3.05, 3.63) is 83.2 Å². The molecular formula is C24H23F4N9O3. The molecule has 0 aliphatic rings. The average Bonchev–Trinajstić information content (AvgIpc) is 3.59.